The highest BCUT2D eigenvalue weighted by molar-refractivity contribution is 7.11. The van der Waals surface area contributed by atoms with Crippen LogP contribution in [0.25, 0.3) is 0 Å². The second kappa shape index (κ2) is 7.59. The molecule has 1 atom stereocenters. The van der Waals surface area contributed by atoms with Gasteiger partial charge in [-0.3, -0.25) is 4.79 Å². The maximum absolute atomic E-state index is 12.2. The Morgan fingerprint density at radius 1 is 1.50 bits per heavy atom. The maximum Gasteiger partial charge on any atom is 0.223 e. The average molecular weight is 340 g/mol. The molecule has 0 aliphatic carbocycles. The van der Waals surface area contributed by atoms with Gasteiger partial charge in [0.2, 0.25) is 5.91 Å². The lowest BCUT2D eigenvalue weighted by Gasteiger charge is -2.34. The number of hydrogen-bond donors (Lipinski definition) is 2. The zero-order chi connectivity index (χ0) is 13.3. The van der Waals surface area contributed by atoms with E-state index in [9.17, 15) is 4.79 Å². The molecule has 1 aromatic heterocycles. The van der Waals surface area contributed by atoms with Crippen molar-refractivity contribution >= 4 is 42.1 Å². The van der Waals surface area contributed by atoms with Crippen LogP contribution in [0.3, 0.4) is 0 Å². The largest absolute Gasteiger partial charge is 0.344 e. The number of carbonyl (C=O) groups excluding carboxylic acids is 1. The first kappa shape index (κ1) is 19.6. The van der Waals surface area contributed by atoms with Gasteiger partial charge in [-0.15, -0.1) is 36.2 Å². The van der Waals surface area contributed by atoms with E-state index in [0.717, 1.165) is 18.1 Å². The summed E-state index contributed by atoms with van der Waals surface area (Å²) in [5.41, 5.74) is -0.387. The molecule has 1 amide bonds. The Bertz CT molecular complexity index is 447. The molecule has 0 spiro atoms. The summed E-state index contributed by atoms with van der Waals surface area (Å²) in [6.07, 6.45) is 1.85. The molecule has 7 heteroatoms. The number of hydrogen-bond acceptors (Lipinski definition) is 4. The molecule has 1 aliphatic rings. The lowest BCUT2D eigenvalue weighted by atomic mass is 9.87. The van der Waals surface area contributed by atoms with Crippen LogP contribution < -0.4 is 10.6 Å². The molecule has 1 saturated heterocycles. The minimum absolute atomic E-state index is 0. The standard InChI is InChI=1S/C13H21N3OS.2ClH/c1-8-5-15-12(18-8)13(3,4)16-11(17)9(2)10-6-14-7-10;;/h5,9-10,14H,6-7H2,1-4H3,(H,16,17);2*1H. The van der Waals surface area contributed by atoms with Crippen LogP contribution in [0.4, 0.5) is 0 Å². The van der Waals surface area contributed by atoms with E-state index in [-0.39, 0.29) is 42.2 Å². The third-order valence-electron chi connectivity index (χ3n) is 3.53. The monoisotopic (exact) mass is 339 g/mol. The van der Waals surface area contributed by atoms with Gasteiger partial charge in [-0.1, -0.05) is 6.92 Å². The number of aryl methyl sites for hydroxylation is 1. The summed E-state index contributed by atoms with van der Waals surface area (Å²) in [7, 11) is 0. The number of nitrogens with zero attached hydrogens (tertiary/aromatic N) is 1. The minimum atomic E-state index is -0.387. The molecule has 2 rings (SSSR count). The van der Waals surface area contributed by atoms with Crippen molar-refractivity contribution in [3.8, 4) is 0 Å². The first-order valence-electron chi connectivity index (χ1n) is 6.36. The van der Waals surface area contributed by atoms with E-state index in [1.165, 1.54) is 4.88 Å². The number of aromatic nitrogens is 1. The minimum Gasteiger partial charge on any atom is -0.344 e. The molecule has 0 radical (unpaired) electrons. The van der Waals surface area contributed by atoms with Gasteiger partial charge in [0.15, 0.2) is 0 Å². The van der Waals surface area contributed by atoms with Gasteiger partial charge in [-0.25, -0.2) is 4.98 Å². The third-order valence-corrected chi connectivity index (χ3v) is 4.76. The molecule has 116 valence electrons. The summed E-state index contributed by atoms with van der Waals surface area (Å²) in [5.74, 6) is 0.657. The fourth-order valence-electron chi connectivity index (χ4n) is 2.00. The van der Waals surface area contributed by atoms with Gasteiger partial charge in [-0.2, -0.15) is 0 Å². The van der Waals surface area contributed by atoms with Gasteiger partial charge in [0, 0.05) is 17.0 Å². The molecular weight excluding hydrogens is 317 g/mol. The SMILES string of the molecule is Cc1cnc(C(C)(C)NC(=O)C(C)C2CNC2)s1.Cl.Cl. The fraction of sp³-hybridized carbons (Fsp3) is 0.692. The Hall–Kier alpha value is -0.360. The zero-order valence-electron chi connectivity index (χ0n) is 12.2. The van der Waals surface area contributed by atoms with Crippen molar-refractivity contribution in [3.05, 3.63) is 16.1 Å². The summed E-state index contributed by atoms with van der Waals surface area (Å²) in [5, 5.41) is 7.29. The lowest BCUT2D eigenvalue weighted by molar-refractivity contribution is -0.128. The molecule has 2 N–H and O–H groups in total. The van der Waals surface area contributed by atoms with Gasteiger partial charge in [0.25, 0.3) is 0 Å². The van der Waals surface area contributed by atoms with Crippen molar-refractivity contribution < 1.29 is 4.79 Å². The van der Waals surface area contributed by atoms with Crippen LogP contribution in [0.1, 0.15) is 30.7 Å². The molecule has 0 saturated carbocycles. The number of halogens is 2. The molecule has 1 aliphatic heterocycles. The molecule has 4 nitrogen and oxygen atoms in total. The molecule has 0 bridgehead atoms. The third kappa shape index (κ3) is 4.32. The van der Waals surface area contributed by atoms with Gasteiger partial charge in [-0.05, 0) is 39.8 Å². The van der Waals surface area contributed by atoms with E-state index in [0.29, 0.717) is 5.92 Å². The van der Waals surface area contributed by atoms with Crippen LogP contribution in [0.5, 0.6) is 0 Å². The van der Waals surface area contributed by atoms with Crippen molar-refractivity contribution in [1.29, 1.82) is 0 Å². The summed E-state index contributed by atoms with van der Waals surface area (Å²) in [4.78, 5) is 17.8. The number of rotatable bonds is 4. The van der Waals surface area contributed by atoms with E-state index in [2.05, 4.69) is 15.6 Å². The van der Waals surface area contributed by atoms with Gasteiger partial charge >= 0.3 is 0 Å². The summed E-state index contributed by atoms with van der Waals surface area (Å²) >= 11 is 1.64. The van der Waals surface area contributed by atoms with Crippen molar-refractivity contribution in [1.82, 2.24) is 15.6 Å². The summed E-state index contributed by atoms with van der Waals surface area (Å²) < 4.78 is 0. The maximum atomic E-state index is 12.2. The Labute approximate surface area is 137 Å². The van der Waals surface area contributed by atoms with Crippen molar-refractivity contribution in [2.24, 2.45) is 11.8 Å². The number of amides is 1. The molecule has 1 fully saturated rings. The van der Waals surface area contributed by atoms with Crippen LogP contribution >= 0.6 is 36.2 Å². The molecule has 2 heterocycles. The molecule has 0 aromatic carbocycles. The van der Waals surface area contributed by atoms with Crippen LogP contribution in [0, 0.1) is 18.8 Å². The number of thiazole rings is 1. The van der Waals surface area contributed by atoms with Crippen LogP contribution in [0.15, 0.2) is 6.20 Å². The predicted octanol–water partition coefficient (Wildman–Crippen LogP) is 2.50. The van der Waals surface area contributed by atoms with E-state index < -0.39 is 0 Å². The highest BCUT2D eigenvalue weighted by Crippen LogP contribution is 2.26. The van der Waals surface area contributed by atoms with Gasteiger partial charge in [0.1, 0.15) is 5.01 Å². The van der Waals surface area contributed by atoms with E-state index >= 15 is 0 Å². The number of nitrogens with one attached hydrogen (secondary N) is 2. The molecule has 1 unspecified atom stereocenters. The zero-order valence-corrected chi connectivity index (χ0v) is 14.7. The highest BCUT2D eigenvalue weighted by atomic mass is 35.5. The number of carbonyl (C=O) groups is 1. The van der Waals surface area contributed by atoms with E-state index in [1.54, 1.807) is 11.3 Å². The molecular formula is C13H23Cl2N3OS. The molecule has 20 heavy (non-hydrogen) atoms. The predicted molar refractivity (Wildman–Crippen MR) is 88.0 cm³/mol. The van der Waals surface area contributed by atoms with Gasteiger partial charge in [0.05, 0.1) is 5.54 Å². The van der Waals surface area contributed by atoms with E-state index in [1.807, 2.05) is 33.9 Å². The average Bonchev–Trinajstić information content (AvgIpc) is 2.62. The van der Waals surface area contributed by atoms with Crippen molar-refractivity contribution in [2.75, 3.05) is 13.1 Å². The Balaban J connectivity index is 0.00000180. The topological polar surface area (TPSA) is 54.0 Å². The Kier molecular flexibility index (Phi) is 7.46. The summed E-state index contributed by atoms with van der Waals surface area (Å²) in [6, 6.07) is 0. The van der Waals surface area contributed by atoms with Gasteiger partial charge < -0.3 is 10.6 Å². The van der Waals surface area contributed by atoms with Crippen molar-refractivity contribution in [3.63, 3.8) is 0 Å². The second-order valence-corrected chi connectivity index (χ2v) is 6.83. The Morgan fingerprint density at radius 3 is 2.50 bits per heavy atom. The van der Waals surface area contributed by atoms with Crippen molar-refractivity contribution in [2.45, 2.75) is 33.2 Å². The normalized spacial score (nSPS) is 16.4. The van der Waals surface area contributed by atoms with E-state index in [4.69, 9.17) is 0 Å². The first-order chi connectivity index (χ1) is 8.40. The first-order valence-corrected chi connectivity index (χ1v) is 7.17. The lowest BCUT2D eigenvalue weighted by Crippen LogP contribution is -2.52. The van der Waals surface area contributed by atoms with Crippen LogP contribution in [-0.4, -0.2) is 24.0 Å². The fourth-order valence-corrected chi connectivity index (χ4v) is 2.82. The quantitative estimate of drug-likeness (QED) is 0.886. The smallest absolute Gasteiger partial charge is 0.223 e. The van der Waals surface area contributed by atoms with Crippen LogP contribution in [0.2, 0.25) is 0 Å². The molecule has 1 aromatic rings. The van der Waals surface area contributed by atoms with Crippen LogP contribution in [-0.2, 0) is 10.3 Å². The summed E-state index contributed by atoms with van der Waals surface area (Å²) in [6.45, 7) is 9.95. The Morgan fingerprint density at radius 2 is 2.10 bits per heavy atom. The highest BCUT2D eigenvalue weighted by Gasteiger charge is 2.33. The second-order valence-electron chi connectivity index (χ2n) is 5.60.